The van der Waals surface area contributed by atoms with E-state index in [9.17, 15) is 0 Å². The van der Waals surface area contributed by atoms with Crippen molar-refractivity contribution in [2.75, 3.05) is 19.0 Å². The molecule has 0 unspecified atom stereocenters. The largest absolute Gasteiger partial charge is 0.497 e. The molecule has 23 heavy (non-hydrogen) atoms. The van der Waals surface area contributed by atoms with Crippen LogP contribution in [0.25, 0.3) is 22.3 Å². The van der Waals surface area contributed by atoms with Crippen molar-refractivity contribution in [3.63, 3.8) is 0 Å². The Hall–Kier alpha value is -2.14. The number of aromatic nitrogens is 2. The SMILES string of the molecule is CC.CCNc1nc(-c2cc(C)c3ccc(OC)cc3n2)cs1. The zero-order chi connectivity index (χ0) is 16.8. The lowest BCUT2D eigenvalue weighted by Gasteiger charge is -2.07. The number of hydrogen-bond acceptors (Lipinski definition) is 5. The van der Waals surface area contributed by atoms with Gasteiger partial charge in [-0.25, -0.2) is 9.97 Å². The van der Waals surface area contributed by atoms with E-state index in [1.54, 1.807) is 18.4 Å². The monoisotopic (exact) mass is 329 g/mol. The molecule has 0 saturated carbocycles. The number of ether oxygens (including phenoxy) is 1. The summed E-state index contributed by atoms with van der Waals surface area (Å²) in [5.41, 5.74) is 3.93. The highest BCUT2D eigenvalue weighted by atomic mass is 32.1. The molecule has 0 amide bonds. The Morgan fingerprint density at radius 3 is 2.61 bits per heavy atom. The Balaban J connectivity index is 0.000000924. The number of thiazole rings is 1. The molecule has 1 aromatic carbocycles. The molecule has 1 N–H and O–H groups in total. The van der Waals surface area contributed by atoms with Gasteiger partial charge in [-0.3, -0.25) is 0 Å². The summed E-state index contributed by atoms with van der Waals surface area (Å²) in [6.45, 7) is 9.03. The van der Waals surface area contributed by atoms with Crippen molar-refractivity contribution in [1.29, 1.82) is 0 Å². The number of methoxy groups -OCH3 is 1. The summed E-state index contributed by atoms with van der Waals surface area (Å²) in [7, 11) is 1.67. The predicted octanol–water partition coefficient (Wildman–Crippen LogP) is 5.13. The van der Waals surface area contributed by atoms with Crippen LogP contribution in [0.2, 0.25) is 0 Å². The standard InChI is InChI=1S/C16H17N3OS.C2H6/c1-4-17-16-19-15(9-21-16)14-7-10(2)12-6-5-11(20-3)8-13(12)18-14;1-2/h5-9H,4H2,1-3H3,(H,17,19);1-2H3. The van der Waals surface area contributed by atoms with Gasteiger partial charge in [0, 0.05) is 23.4 Å². The second-order valence-electron chi connectivity index (χ2n) is 4.78. The number of nitrogens with zero attached hydrogens (tertiary/aromatic N) is 2. The summed E-state index contributed by atoms with van der Waals surface area (Å²) in [5.74, 6) is 0.818. The van der Waals surface area contributed by atoms with Crippen LogP contribution in [0, 0.1) is 6.92 Å². The Morgan fingerprint density at radius 2 is 1.91 bits per heavy atom. The minimum Gasteiger partial charge on any atom is -0.497 e. The summed E-state index contributed by atoms with van der Waals surface area (Å²) in [4.78, 5) is 9.30. The fourth-order valence-electron chi connectivity index (χ4n) is 2.26. The molecule has 5 heteroatoms. The van der Waals surface area contributed by atoms with Gasteiger partial charge in [0.15, 0.2) is 5.13 Å². The highest BCUT2D eigenvalue weighted by molar-refractivity contribution is 7.14. The van der Waals surface area contributed by atoms with Crippen LogP contribution >= 0.6 is 11.3 Å². The number of aryl methyl sites for hydroxylation is 1. The van der Waals surface area contributed by atoms with Gasteiger partial charge in [-0.2, -0.15) is 0 Å². The zero-order valence-electron chi connectivity index (χ0n) is 14.3. The van der Waals surface area contributed by atoms with Gasteiger partial charge in [0.25, 0.3) is 0 Å². The van der Waals surface area contributed by atoms with Crippen molar-refractivity contribution >= 4 is 27.4 Å². The molecule has 0 aliphatic heterocycles. The van der Waals surface area contributed by atoms with E-state index in [4.69, 9.17) is 9.72 Å². The van der Waals surface area contributed by atoms with Crippen LogP contribution in [0.4, 0.5) is 5.13 Å². The summed E-state index contributed by atoms with van der Waals surface area (Å²) >= 11 is 1.60. The average molecular weight is 329 g/mol. The summed E-state index contributed by atoms with van der Waals surface area (Å²) < 4.78 is 5.28. The second kappa shape index (κ2) is 7.92. The van der Waals surface area contributed by atoms with Crippen LogP contribution in [-0.2, 0) is 0 Å². The van der Waals surface area contributed by atoms with Crippen LogP contribution < -0.4 is 10.1 Å². The van der Waals surface area contributed by atoms with Gasteiger partial charge in [-0.1, -0.05) is 13.8 Å². The van der Waals surface area contributed by atoms with Crippen LogP contribution in [0.15, 0.2) is 29.6 Å². The lowest BCUT2D eigenvalue weighted by Crippen LogP contribution is -1.95. The lowest BCUT2D eigenvalue weighted by atomic mass is 10.1. The minimum atomic E-state index is 0.818. The molecule has 2 aromatic heterocycles. The Morgan fingerprint density at radius 1 is 1.13 bits per heavy atom. The number of fused-ring (bicyclic) bond motifs is 1. The van der Waals surface area contributed by atoms with Crippen molar-refractivity contribution in [2.45, 2.75) is 27.7 Å². The van der Waals surface area contributed by atoms with Gasteiger partial charge in [0.2, 0.25) is 0 Å². The number of anilines is 1. The number of benzene rings is 1. The second-order valence-corrected chi connectivity index (χ2v) is 5.63. The van der Waals surface area contributed by atoms with E-state index in [2.05, 4.69) is 30.2 Å². The number of pyridine rings is 1. The molecule has 4 nitrogen and oxygen atoms in total. The molecule has 122 valence electrons. The maximum Gasteiger partial charge on any atom is 0.183 e. The summed E-state index contributed by atoms with van der Waals surface area (Å²) in [6, 6.07) is 8.05. The normalized spacial score (nSPS) is 10.1. The minimum absolute atomic E-state index is 0.818. The predicted molar refractivity (Wildman–Crippen MR) is 99.7 cm³/mol. The Kier molecular flexibility index (Phi) is 5.93. The maximum absolute atomic E-state index is 5.28. The van der Waals surface area contributed by atoms with E-state index in [-0.39, 0.29) is 0 Å². The molecule has 0 saturated heterocycles. The summed E-state index contributed by atoms with van der Waals surface area (Å²) in [5, 5.41) is 7.33. The van der Waals surface area contributed by atoms with Crippen LogP contribution in [0.3, 0.4) is 0 Å². The molecule has 0 atom stereocenters. The third kappa shape index (κ3) is 3.79. The van der Waals surface area contributed by atoms with Gasteiger partial charge in [-0.15, -0.1) is 11.3 Å². The van der Waals surface area contributed by atoms with Crippen molar-refractivity contribution in [3.8, 4) is 17.1 Å². The topological polar surface area (TPSA) is 47.0 Å². The number of rotatable bonds is 4. The highest BCUT2D eigenvalue weighted by Crippen LogP contribution is 2.28. The Labute approximate surface area is 141 Å². The van der Waals surface area contributed by atoms with Crippen LogP contribution in [0.5, 0.6) is 5.75 Å². The fraction of sp³-hybridized carbons (Fsp3) is 0.333. The van der Waals surface area contributed by atoms with E-state index >= 15 is 0 Å². The zero-order valence-corrected chi connectivity index (χ0v) is 15.1. The van der Waals surface area contributed by atoms with Gasteiger partial charge < -0.3 is 10.1 Å². The molecular formula is C18H23N3OS. The van der Waals surface area contributed by atoms with E-state index in [1.165, 1.54) is 5.56 Å². The molecule has 0 aliphatic carbocycles. The smallest absolute Gasteiger partial charge is 0.183 e. The molecule has 0 aliphatic rings. The van der Waals surface area contributed by atoms with Crippen LogP contribution in [-0.4, -0.2) is 23.6 Å². The van der Waals surface area contributed by atoms with Gasteiger partial charge in [0.1, 0.15) is 11.4 Å². The summed E-state index contributed by atoms with van der Waals surface area (Å²) in [6.07, 6.45) is 0. The maximum atomic E-state index is 5.28. The van der Waals surface area contributed by atoms with E-state index < -0.39 is 0 Å². The van der Waals surface area contributed by atoms with Crippen molar-refractivity contribution < 1.29 is 4.74 Å². The average Bonchev–Trinajstić information content (AvgIpc) is 3.05. The molecule has 0 fully saturated rings. The number of nitrogens with one attached hydrogen (secondary N) is 1. The molecule has 0 radical (unpaired) electrons. The number of hydrogen-bond donors (Lipinski definition) is 1. The quantitative estimate of drug-likeness (QED) is 0.720. The lowest BCUT2D eigenvalue weighted by molar-refractivity contribution is 0.415. The van der Waals surface area contributed by atoms with Crippen molar-refractivity contribution in [2.24, 2.45) is 0 Å². The first kappa shape index (κ1) is 17.2. The third-order valence-electron chi connectivity index (χ3n) is 3.32. The third-order valence-corrected chi connectivity index (χ3v) is 4.12. The molecular weight excluding hydrogens is 306 g/mol. The van der Waals surface area contributed by atoms with Crippen molar-refractivity contribution in [1.82, 2.24) is 9.97 Å². The van der Waals surface area contributed by atoms with Gasteiger partial charge in [-0.05, 0) is 37.6 Å². The fourth-order valence-corrected chi connectivity index (χ4v) is 3.04. The van der Waals surface area contributed by atoms with Crippen LogP contribution in [0.1, 0.15) is 26.3 Å². The Bertz CT molecular complexity index is 783. The molecule has 0 spiro atoms. The molecule has 3 aromatic rings. The molecule has 3 rings (SSSR count). The first-order valence-corrected chi connectivity index (χ1v) is 8.74. The van der Waals surface area contributed by atoms with Gasteiger partial charge in [0.05, 0.1) is 18.3 Å². The molecule has 2 heterocycles. The van der Waals surface area contributed by atoms with Gasteiger partial charge >= 0.3 is 0 Å². The first-order valence-electron chi connectivity index (χ1n) is 7.86. The first-order chi connectivity index (χ1) is 11.2. The van der Waals surface area contributed by atoms with E-state index in [0.717, 1.165) is 39.7 Å². The molecule has 0 bridgehead atoms. The van der Waals surface area contributed by atoms with E-state index in [0.29, 0.717) is 0 Å². The van der Waals surface area contributed by atoms with Crippen molar-refractivity contribution in [3.05, 3.63) is 35.2 Å². The van der Waals surface area contributed by atoms with E-state index in [1.807, 2.05) is 37.4 Å². The highest BCUT2D eigenvalue weighted by Gasteiger charge is 2.09.